The third-order valence-electron chi connectivity index (χ3n) is 10.2. The van der Waals surface area contributed by atoms with Crippen LogP contribution in [-0.2, 0) is 30.3 Å². The molecule has 0 aromatic heterocycles. The van der Waals surface area contributed by atoms with Gasteiger partial charge in [0, 0.05) is 53.4 Å². The lowest BCUT2D eigenvalue weighted by atomic mass is 9.58. The largest absolute Gasteiger partial charge is 0.508 e. The molecule has 3 heterocycles. The first-order chi connectivity index (χ1) is 21.8. The number of ketones is 2. The summed E-state index contributed by atoms with van der Waals surface area (Å²) in [7, 11) is 0. The number of rotatable bonds is 3. The molecular formula is C36H32N2O7. The topological polar surface area (TPSA) is 113 Å². The second kappa shape index (κ2) is 10.4. The Labute approximate surface area is 260 Å². The number of carbonyl (C=O) groups is 4. The first-order valence-corrected chi connectivity index (χ1v) is 15.5. The third-order valence-corrected chi connectivity index (χ3v) is 10.2. The molecule has 0 saturated carbocycles. The molecule has 6 aliphatic rings. The summed E-state index contributed by atoms with van der Waals surface area (Å²) < 4.78 is 11.4. The standard InChI is InChI=1S/C36H32N2O7/c1-19-14-29(40)28-17-27-25(31(33(28)34(19)41)21-15-20-16-24(39)6-9-30(20)45-18-21)7-8-26-32(27)36(43)38(35(26)42)23-4-2-22(3-5-23)37-10-12-44-13-11-37/h2-7,9,14,16,18,26-27,31-32,39H,8,10-13,15,17H2,1H3. The normalized spacial score (nSPS) is 27.6. The van der Waals surface area contributed by atoms with E-state index < -0.39 is 23.7 Å². The van der Waals surface area contributed by atoms with Crippen molar-refractivity contribution >= 4 is 34.8 Å². The van der Waals surface area contributed by atoms with E-state index in [0.29, 0.717) is 54.2 Å². The van der Waals surface area contributed by atoms with Gasteiger partial charge in [-0.05, 0) is 79.8 Å². The Balaban J connectivity index is 1.16. The van der Waals surface area contributed by atoms with Gasteiger partial charge in [-0.15, -0.1) is 0 Å². The van der Waals surface area contributed by atoms with Crippen LogP contribution in [0.2, 0.25) is 0 Å². The number of hydrogen-bond donors (Lipinski definition) is 1. The minimum atomic E-state index is -0.649. The molecule has 4 atom stereocenters. The molecule has 2 saturated heterocycles. The molecule has 2 amide bonds. The van der Waals surface area contributed by atoms with E-state index in [0.717, 1.165) is 35.5 Å². The SMILES string of the molecule is CC1=CC(=O)C2=C(C1=O)C(C1=COc3ccc(O)cc3C1)C1=CCC3C(=O)N(c4ccc(N5CCOCC5)cc4)C(=O)C3C1C2. The van der Waals surface area contributed by atoms with Gasteiger partial charge in [0.15, 0.2) is 11.6 Å². The Kier molecular flexibility index (Phi) is 6.42. The first kappa shape index (κ1) is 27.8. The van der Waals surface area contributed by atoms with E-state index in [-0.39, 0.29) is 35.6 Å². The van der Waals surface area contributed by atoms with Gasteiger partial charge in [0.2, 0.25) is 11.8 Å². The molecule has 2 fully saturated rings. The zero-order valence-electron chi connectivity index (χ0n) is 24.8. The van der Waals surface area contributed by atoms with Crippen molar-refractivity contribution in [2.75, 3.05) is 36.1 Å². The fraction of sp³-hybridized carbons (Fsp3) is 0.333. The monoisotopic (exact) mass is 604 g/mol. The number of Topliss-reactive ketones (excluding diaryl/α,β-unsaturated/α-hetero) is 1. The lowest BCUT2D eigenvalue weighted by Crippen LogP contribution is -2.41. The number of morpholine rings is 1. The van der Waals surface area contributed by atoms with Crippen LogP contribution in [0.1, 0.15) is 25.3 Å². The maximum Gasteiger partial charge on any atom is 0.238 e. The predicted octanol–water partition coefficient (Wildman–Crippen LogP) is 4.21. The molecule has 9 nitrogen and oxygen atoms in total. The van der Waals surface area contributed by atoms with E-state index >= 15 is 0 Å². The summed E-state index contributed by atoms with van der Waals surface area (Å²) >= 11 is 0. The number of nitrogens with zero attached hydrogens (tertiary/aromatic N) is 2. The zero-order chi connectivity index (χ0) is 31.0. The van der Waals surface area contributed by atoms with Crippen molar-refractivity contribution in [1.29, 1.82) is 0 Å². The van der Waals surface area contributed by atoms with Crippen LogP contribution in [0.3, 0.4) is 0 Å². The number of carbonyl (C=O) groups excluding carboxylic acids is 4. The quantitative estimate of drug-likeness (QED) is 0.315. The number of fused-ring (bicyclic) bond motifs is 4. The summed E-state index contributed by atoms with van der Waals surface area (Å²) in [6, 6.07) is 12.4. The van der Waals surface area contributed by atoms with Crippen molar-refractivity contribution in [3.63, 3.8) is 0 Å². The van der Waals surface area contributed by atoms with Gasteiger partial charge in [0.1, 0.15) is 11.5 Å². The molecule has 0 bridgehead atoms. The fourth-order valence-electron chi connectivity index (χ4n) is 8.06. The van der Waals surface area contributed by atoms with Crippen LogP contribution >= 0.6 is 0 Å². The minimum absolute atomic E-state index is 0.107. The van der Waals surface area contributed by atoms with Crippen LogP contribution in [0.25, 0.3) is 0 Å². The van der Waals surface area contributed by atoms with Crippen molar-refractivity contribution in [3.05, 3.63) is 94.3 Å². The first-order valence-electron chi connectivity index (χ1n) is 15.5. The number of phenols is 1. The van der Waals surface area contributed by atoms with Crippen LogP contribution in [0, 0.1) is 23.7 Å². The molecule has 2 aromatic rings. The highest BCUT2D eigenvalue weighted by Crippen LogP contribution is 2.55. The minimum Gasteiger partial charge on any atom is -0.508 e. The third kappa shape index (κ3) is 4.32. The number of phenolic OH excluding ortho intramolecular Hbond substituents is 1. The van der Waals surface area contributed by atoms with E-state index in [1.165, 1.54) is 11.0 Å². The van der Waals surface area contributed by atoms with Gasteiger partial charge in [-0.2, -0.15) is 0 Å². The average Bonchev–Trinajstić information content (AvgIpc) is 3.32. The molecule has 8 rings (SSSR count). The number of hydrogen-bond acceptors (Lipinski definition) is 8. The fourth-order valence-corrected chi connectivity index (χ4v) is 8.06. The van der Waals surface area contributed by atoms with Crippen LogP contribution in [0.15, 0.2) is 88.7 Å². The Hall–Kier alpha value is -4.76. The van der Waals surface area contributed by atoms with Crippen LogP contribution in [-0.4, -0.2) is 54.8 Å². The highest BCUT2D eigenvalue weighted by atomic mass is 16.5. The van der Waals surface area contributed by atoms with E-state index in [9.17, 15) is 24.3 Å². The van der Waals surface area contributed by atoms with Gasteiger partial charge in [0.05, 0.1) is 37.0 Å². The molecule has 4 unspecified atom stereocenters. The molecular weight excluding hydrogens is 572 g/mol. The smallest absolute Gasteiger partial charge is 0.238 e. The summed E-state index contributed by atoms with van der Waals surface area (Å²) in [5.41, 5.74) is 5.21. The van der Waals surface area contributed by atoms with Crippen molar-refractivity contribution < 1.29 is 33.8 Å². The summed E-state index contributed by atoms with van der Waals surface area (Å²) in [6.07, 6.45) is 6.03. The lowest BCUT2D eigenvalue weighted by molar-refractivity contribution is -0.123. The Morgan fingerprint density at radius 1 is 0.911 bits per heavy atom. The molecule has 2 aromatic carbocycles. The number of amides is 2. The van der Waals surface area contributed by atoms with E-state index in [1.54, 1.807) is 31.4 Å². The number of benzene rings is 2. The molecule has 228 valence electrons. The maximum atomic E-state index is 14.2. The Morgan fingerprint density at radius 2 is 1.67 bits per heavy atom. The second-order valence-corrected chi connectivity index (χ2v) is 12.6. The number of allylic oxidation sites excluding steroid dienone is 7. The Bertz CT molecular complexity index is 1810. The summed E-state index contributed by atoms with van der Waals surface area (Å²) in [5, 5.41) is 10.1. The van der Waals surface area contributed by atoms with Gasteiger partial charge in [-0.1, -0.05) is 11.6 Å². The number of imide groups is 1. The van der Waals surface area contributed by atoms with Gasteiger partial charge < -0.3 is 19.5 Å². The molecule has 0 radical (unpaired) electrons. The molecule has 45 heavy (non-hydrogen) atoms. The number of ether oxygens (including phenoxy) is 2. The molecule has 3 aliphatic carbocycles. The van der Waals surface area contributed by atoms with Crippen LogP contribution < -0.4 is 14.5 Å². The average molecular weight is 605 g/mol. The molecule has 1 N–H and O–H groups in total. The number of aromatic hydroxyl groups is 1. The summed E-state index contributed by atoms with van der Waals surface area (Å²) in [6.45, 7) is 4.53. The molecule has 0 spiro atoms. The van der Waals surface area contributed by atoms with Crippen molar-refractivity contribution in [1.82, 2.24) is 0 Å². The van der Waals surface area contributed by atoms with Crippen molar-refractivity contribution in [2.24, 2.45) is 23.7 Å². The highest BCUT2D eigenvalue weighted by molar-refractivity contribution is 6.25. The van der Waals surface area contributed by atoms with Crippen LogP contribution in [0.5, 0.6) is 11.5 Å². The van der Waals surface area contributed by atoms with E-state index in [1.807, 2.05) is 30.3 Å². The number of anilines is 2. The lowest BCUT2D eigenvalue weighted by Gasteiger charge is -2.43. The van der Waals surface area contributed by atoms with Gasteiger partial charge >= 0.3 is 0 Å². The zero-order valence-corrected chi connectivity index (χ0v) is 24.8. The van der Waals surface area contributed by atoms with Gasteiger partial charge in [0.25, 0.3) is 0 Å². The summed E-state index contributed by atoms with van der Waals surface area (Å²) in [4.78, 5) is 58.8. The molecule has 3 aliphatic heterocycles. The van der Waals surface area contributed by atoms with E-state index in [2.05, 4.69) is 4.90 Å². The van der Waals surface area contributed by atoms with Crippen molar-refractivity contribution in [2.45, 2.75) is 26.2 Å². The van der Waals surface area contributed by atoms with Crippen molar-refractivity contribution in [3.8, 4) is 11.5 Å². The maximum absolute atomic E-state index is 14.2. The second-order valence-electron chi connectivity index (χ2n) is 12.6. The predicted molar refractivity (Wildman–Crippen MR) is 165 cm³/mol. The van der Waals surface area contributed by atoms with E-state index in [4.69, 9.17) is 9.47 Å². The molecule has 9 heteroatoms. The van der Waals surface area contributed by atoms with Crippen LogP contribution in [0.4, 0.5) is 11.4 Å². The van der Waals surface area contributed by atoms with Gasteiger partial charge in [-0.3, -0.25) is 24.1 Å². The Morgan fingerprint density at radius 3 is 2.44 bits per heavy atom. The van der Waals surface area contributed by atoms with Gasteiger partial charge in [-0.25, -0.2) is 0 Å². The summed E-state index contributed by atoms with van der Waals surface area (Å²) in [5.74, 6) is -2.38. The highest BCUT2D eigenvalue weighted by Gasteiger charge is 2.57.